The average Bonchev–Trinajstić information content (AvgIpc) is 2.37. The molecule has 0 unspecified atom stereocenters. The number of nitrogens with one attached hydrogen (secondary N) is 1. The highest BCUT2D eigenvalue weighted by Gasteiger charge is 2.18. The summed E-state index contributed by atoms with van der Waals surface area (Å²) in [5.41, 5.74) is 6.32. The van der Waals surface area contributed by atoms with Gasteiger partial charge in [-0.15, -0.1) is 6.58 Å². The molecule has 0 saturated heterocycles. The topological polar surface area (TPSA) is 115 Å². The fourth-order valence-corrected chi connectivity index (χ4v) is 1.78. The Bertz CT molecular complexity index is 583. The van der Waals surface area contributed by atoms with Crippen LogP contribution in [0.5, 0.6) is 0 Å². The van der Waals surface area contributed by atoms with Gasteiger partial charge >= 0.3 is 0 Å². The number of nitrogens with zero attached hydrogens (tertiary/aromatic N) is 1. The summed E-state index contributed by atoms with van der Waals surface area (Å²) in [5.74, 6) is -1.08. The maximum absolute atomic E-state index is 11.9. The largest absolute Gasteiger partial charge is 0.368 e. The average molecular weight is 291 g/mol. The number of hydrogen-bond donors (Lipinski definition) is 2. The molecular weight excluding hydrogens is 274 g/mol. The Morgan fingerprint density at radius 2 is 2.14 bits per heavy atom. The molecule has 0 saturated carbocycles. The molecule has 3 N–H and O–H groups in total. The van der Waals surface area contributed by atoms with Crippen molar-refractivity contribution in [1.29, 1.82) is 0 Å². The predicted molar refractivity (Wildman–Crippen MR) is 77.4 cm³/mol. The van der Waals surface area contributed by atoms with E-state index in [0.717, 1.165) is 5.57 Å². The Balaban J connectivity index is 2.72. The van der Waals surface area contributed by atoms with Crippen molar-refractivity contribution in [3.05, 3.63) is 52.1 Å². The first kappa shape index (κ1) is 16.4. The summed E-state index contributed by atoms with van der Waals surface area (Å²) in [6.07, 6.45) is 0.192. The van der Waals surface area contributed by atoms with Crippen molar-refractivity contribution in [1.82, 2.24) is 5.32 Å². The summed E-state index contributed by atoms with van der Waals surface area (Å²) in [5, 5.41) is 13.2. The highest BCUT2D eigenvalue weighted by atomic mass is 16.6. The molecule has 0 fully saturated rings. The van der Waals surface area contributed by atoms with Crippen LogP contribution in [-0.4, -0.2) is 22.8 Å². The standard InChI is InChI=1S/C14H17N3O4/c1-9(2)6-12(14(15)19)16-13(18)8-10-4-3-5-11(7-10)17(20)21/h3-5,7,12H,1,6,8H2,2H3,(H2,15,19)(H,16,18)/t12-/m0/s1. The zero-order valence-electron chi connectivity index (χ0n) is 11.7. The molecule has 0 aliphatic heterocycles. The summed E-state index contributed by atoms with van der Waals surface area (Å²) >= 11 is 0. The van der Waals surface area contributed by atoms with Crippen LogP contribution >= 0.6 is 0 Å². The highest BCUT2D eigenvalue weighted by molar-refractivity contribution is 5.87. The Hall–Kier alpha value is -2.70. The smallest absolute Gasteiger partial charge is 0.269 e. The van der Waals surface area contributed by atoms with Crippen LogP contribution in [0.4, 0.5) is 5.69 Å². The van der Waals surface area contributed by atoms with Crippen LogP contribution in [0.3, 0.4) is 0 Å². The molecular formula is C14H17N3O4. The van der Waals surface area contributed by atoms with Crippen molar-refractivity contribution in [3.63, 3.8) is 0 Å². The van der Waals surface area contributed by atoms with Crippen molar-refractivity contribution in [2.75, 3.05) is 0 Å². The molecule has 0 spiro atoms. The lowest BCUT2D eigenvalue weighted by atomic mass is 10.1. The minimum atomic E-state index is -0.825. The van der Waals surface area contributed by atoms with Crippen molar-refractivity contribution in [2.45, 2.75) is 25.8 Å². The lowest BCUT2D eigenvalue weighted by molar-refractivity contribution is -0.384. The molecule has 0 aliphatic rings. The van der Waals surface area contributed by atoms with Crippen LogP contribution in [0.2, 0.25) is 0 Å². The molecule has 1 aromatic carbocycles. The second-order valence-electron chi connectivity index (χ2n) is 4.79. The van der Waals surface area contributed by atoms with Crippen molar-refractivity contribution in [3.8, 4) is 0 Å². The first-order chi connectivity index (χ1) is 9.79. The number of hydrogen-bond acceptors (Lipinski definition) is 4. The van der Waals surface area contributed by atoms with Gasteiger partial charge in [0.25, 0.3) is 5.69 Å². The second-order valence-corrected chi connectivity index (χ2v) is 4.79. The van der Waals surface area contributed by atoms with E-state index >= 15 is 0 Å². The van der Waals surface area contributed by atoms with Gasteiger partial charge in [0.05, 0.1) is 11.3 Å². The third-order valence-corrected chi connectivity index (χ3v) is 2.72. The van der Waals surface area contributed by atoms with Crippen LogP contribution < -0.4 is 11.1 Å². The van der Waals surface area contributed by atoms with Gasteiger partial charge in [-0.3, -0.25) is 19.7 Å². The van der Waals surface area contributed by atoms with Gasteiger partial charge in [-0.25, -0.2) is 0 Å². The summed E-state index contributed by atoms with van der Waals surface area (Å²) < 4.78 is 0. The number of nitro groups is 1. The molecule has 1 aromatic rings. The maximum Gasteiger partial charge on any atom is 0.269 e. The number of nitro benzene ring substituents is 1. The van der Waals surface area contributed by atoms with E-state index in [1.807, 2.05) is 0 Å². The summed E-state index contributed by atoms with van der Waals surface area (Å²) in [6, 6.07) is 4.94. The number of nitrogens with two attached hydrogens (primary N) is 1. The minimum Gasteiger partial charge on any atom is -0.368 e. The van der Waals surface area contributed by atoms with Gasteiger partial charge in [0.2, 0.25) is 11.8 Å². The second kappa shape index (κ2) is 7.18. The molecule has 0 heterocycles. The fourth-order valence-electron chi connectivity index (χ4n) is 1.78. The Labute approximate surface area is 122 Å². The number of primary amides is 1. The molecule has 1 rings (SSSR count). The third-order valence-electron chi connectivity index (χ3n) is 2.72. The molecule has 0 aromatic heterocycles. The fraction of sp³-hybridized carbons (Fsp3) is 0.286. The van der Waals surface area contributed by atoms with Crippen LogP contribution in [0.15, 0.2) is 36.4 Å². The first-order valence-electron chi connectivity index (χ1n) is 6.26. The zero-order chi connectivity index (χ0) is 16.0. The summed E-state index contributed by atoms with van der Waals surface area (Å²) in [7, 11) is 0. The van der Waals surface area contributed by atoms with Crippen LogP contribution in [0.25, 0.3) is 0 Å². The van der Waals surface area contributed by atoms with Gasteiger partial charge in [-0.05, 0) is 18.9 Å². The van der Waals surface area contributed by atoms with E-state index in [0.29, 0.717) is 5.56 Å². The highest BCUT2D eigenvalue weighted by Crippen LogP contribution is 2.13. The van der Waals surface area contributed by atoms with Gasteiger partial charge in [-0.2, -0.15) is 0 Å². The van der Waals surface area contributed by atoms with E-state index in [4.69, 9.17) is 5.73 Å². The lowest BCUT2D eigenvalue weighted by Gasteiger charge is -2.15. The van der Waals surface area contributed by atoms with Crippen molar-refractivity contribution >= 4 is 17.5 Å². The molecule has 21 heavy (non-hydrogen) atoms. The van der Waals surface area contributed by atoms with Crippen LogP contribution in [-0.2, 0) is 16.0 Å². The Morgan fingerprint density at radius 1 is 1.48 bits per heavy atom. The number of amides is 2. The SMILES string of the molecule is C=C(C)C[C@H](NC(=O)Cc1cccc([N+](=O)[O-])c1)C(N)=O. The molecule has 0 aliphatic carbocycles. The van der Waals surface area contributed by atoms with Gasteiger partial charge in [0, 0.05) is 12.1 Å². The minimum absolute atomic E-state index is 0.0678. The molecule has 0 bridgehead atoms. The van der Waals surface area contributed by atoms with Gasteiger partial charge < -0.3 is 11.1 Å². The van der Waals surface area contributed by atoms with E-state index in [1.165, 1.54) is 18.2 Å². The monoisotopic (exact) mass is 291 g/mol. The Kier molecular flexibility index (Phi) is 5.59. The molecule has 7 nitrogen and oxygen atoms in total. The van der Waals surface area contributed by atoms with Gasteiger partial charge in [-0.1, -0.05) is 17.7 Å². The maximum atomic E-state index is 11.9. The van der Waals surface area contributed by atoms with Gasteiger partial charge in [0.1, 0.15) is 6.04 Å². The summed E-state index contributed by atoms with van der Waals surface area (Å²) in [6.45, 7) is 5.39. The van der Waals surface area contributed by atoms with Crippen molar-refractivity contribution in [2.24, 2.45) is 5.73 Å². The van der Waals surface area contributed by atoms with Crippen molar-refractivity contribution < 1.29 is 14.5 Å². The van der Waals surface area contributed by atoms with E-state index in [1.54, 1.807) is 13.0 Å². The van der Waals surface area contributed by atoms with Crippen LogP contribution in [0.1, 0.15) is 18.9 Å². The van der Waals surface area contributed by atoms with Gasteiger partial charge in [0.15, 0.2) is 0 Å². The van der Waals surface area contributed by atoms with Crippen LogP contribution in [0, 0.1) is 10.1 Å². The lowest BCUT2D eigenvalue weighted by Crippen LogP contribution is -2.45. The number of benzene rings is 1. The number of carbonyl (C=O) groups excluding carboxylic acids is 2. The van der Waals surface area contributed by atoms with E-state index < -0.39 is 22.8 Å². The van der Waals surface area contributed by atoms with E-state index in [-0.39, 0.29) is 18.5 Å². The quantitative estimate of drug-likeness (QED) is 0.444. The molecule has 7 heteroatoms. The number of carbonyl (C=O) groups is 2. The van der Waals surface area contributed by atoms with E-state index in [2.05, 4.69) is 11.9 Å². The third kappa shape index (κ3) is 5.43. The predicted octanol–water partition coefficient (Wildman–Crippen LogP) is 1.07. The summed E-state index contributed by atoms with van der Waals surface area (Å²) in [4.78, 5) is 33.2. The zero-order valence-corrected chi connectivity index (χ0v) is 11.7. The first-order valence-corrected chi connectivity index (χ1v) is 6.26. The molecule has 112 valence electrons. The number of non-ortho nitro benzene ring substituents is 1. The molecule has 0 radical (unpaired) electrons. The molecule has 2 amide bonds. The molecule has 1 atom stereocenters. The normalized spacial score (nSPS) is 11.5. The van der Waals surface area contributed by atoms with E-state index in [9.17, 15) is 19.7 Å². The Morgan fingerprint density at radius 3 is 2.67 bits per heavy atom. The number of rotatable bonds is 7.